The van der Waals surface area contributed by atoms with E-state index in [0.717, 1.165) is 56.3 Å². The molecule has 0 radical (unpaired) electrons. The number of amides is 1. The topological polar surface area (TPSA) is 58.1 Å². The molecule has 3 rings (SSSR count). The van der Waals surface area contributed by atoms with Crippen LogP contribution in [-0.4, -0.2) is 35.5 Å². The number of rotatable bonds is 7. The maximum Gasteiger partial charge on any atom is 0.225 e. The molecular weight excluding hydrogens is 343 g/mol. The van der Waals surface area contributed by atoms with Crippen LogP contribution in [0, 0.1) is 11.7 Å². The van der Waals surface area contributed by atoms with E-state index < -0.39 is 0 Å². The molecule has 144 valence electrons. The number of nitrogens with zero attached hydrogens (tertiary/aromatic N) is 3. The summed E-state index contributed by atoms with van der Waals surface area (Å²) >= 11 is 0. The minimum Gasteiger partial charge on any atom is -0.356 e. The second-order valence-electron chi connectivity index (χ2n) is 7.07. The fourth-order valence-electron chi connectivity index (χ4n) is 3.41. The van der Waals surface area contributed by atoms with Gasteiger partial charge in [0.15, 0.2) is 0 Å². The normalized spacial score (nSPS) is 17.0. The van der Waals surface area contributed by atoms with Crippen LogP contribution in [0.4, 0.5) is 10.3 Å². The van der Waals surface area contributed by atoms with Crippen LogP contribution in [0.15, 0.2) is 36.7 Å². The highest BCUT2D eigenvalue weighted by atomic mass is 19.1. The van der Waals surface area contributed by atoms with Crippen LogP contribution in [0.2, 0.25) is 0 Å². The average Bonchev–Trinajstić information content (AvgIpc) is 2.71. The Labute approximate surface area is 160 Å². The van der Waals surface area contributed by atoms with E-state index in [1.807, 2.05) is 6.07 Å². The van der Waals surface area contributed by atoms with Crippen LogP contribution in [0.25, 0.3) is 11.1 Å². The summed E-state index contributed by atoms with van der Waals surface area (Å²) in [6.07, 6.45) is 8.60. The average molecular weight is 370 g/mol. The van der Waals surface area contributed by atoms with Crippen LogP contribution < -0.4 is 10.2 Å². The van der Waals surface area contributed by atoms with Gasteiger partial charge in [-0.3, -0.25) is 4.79 Å². The van der Waals surface area contributed by atoms with Gasteiger partial charge in [0.2, 0.25) is 11.9 Å². The van der Waals surface area contributed by atoms with Crippen molar-refractivity contribution in [3.63, 3.8) is 0 Å². The van der Waals surface area contributed by atoms with Crippen LogP contribution in [0.3, 0.4) is 0 Å². The molecule has 1 saturated heterocycles. The molecule has 1 amide bonds. The fraction of sp³-hybridized carbons (Fsp3) is 0.476. The van der Waals surface area contributed by atoms with Gasteiger partial charge in [-0.15, -0.1) is 0 Å². The van der Waals surface area contributed by atoms with Gasteiger partial charge in [0.25, 0.3) is 0 Å². The van der Waals surface area contributed by atoms with Crippen LogP contribution in [0.1, 0.15) is 39.0 Å². The molecule has 27 heavy (non-hydrogen) atoms. The maximum atomic E-state index is 13.4. The van der Waals surface area contributed by atoms with Gasteiger partial charge in [-0.1, -0.05) is 31.9 Å². The molecule has 1 fully saturated rings. The van der Waals surface area contributed by atoms with Crippen molar-refractivity contribution in [2.24, 2.45) is 5.92 Å². The number of anilines is 1. The molecule has 6 heteroatoms. The summed E-state index contributed by atoms with van der Waals surface area (Å²) in [4.78, 5) is 23.4. The minimum atomic E-state index is -0.277. The van der Waals surface area contributed by atoms with Gasteiger partial charge in [0, 0.05) is 37.6 Å². The summed E-state index contributed by atoms with van der Waals surface area (Å²) < 4.78 is 13.4. The lowest BCUT2D eigenvalue weighted by molar-refractivity contribution is -0.125. The van der Waals surface area contributed by atoms with Gasteiger partial charge in [-0.25, -0.2) is 14.4 Å². The lowest BCUT2D eigenvalue weighted by atomic mass is 9.97. The lowest BCUT2D eigenvalue weighted by Gasteiger charge is -2.32. The number of aromatic nitrogens is 2. The Morgan fingerprint density at radius 1 is 1.26 bits per heavy atom. The zero-order chi connectivity index (χ0) is 19.1. The molecule has 5 nitrogen and oxygen atoms in total. The van der Waals surface area contributed by atoms with Crippen molar-refractivity contribution in [3.05, 3.63) is 42.5 Å². The molecule has 1 N–H and O–H groups in total. The summed E-state index contributed by atoms with van der Waals surface area (Å²) in [6, 6.07) is 6.40. The Hall–Kier alpha value is -2.50. The van der Waals surface area contributed by atoms with E-state index in [1.165, 1.54) is 12.1 Å². The molecule has 1 unspecified atom stereocenters. The minimum absolute atomic E-state index is 0.0214. The van der Waals surface area contributed by atoms with Gasteiger partial charge in [0.05, 0.1) is 5.92 Å². The Kier molecular flexibility index (Phi) is 6.74. The van der Waals surface area contributed by atoms with Crippen molar-refractivity contribution in [2.45, 2.75) is 39.0 Å². The van der Waals surface area contributed by atoms with Gasteiger partial charge >= 0.3 is 0 Å². The second kappa shape index (κ2) is 9.44. The second-order valence-corrected chi connectivity index (χ2v) is 7.07. The predicted molar refractivity (Wildman–Crippen MR) is 105 cm³/mol. The first-order chi connectivity index (χ1) is 13.2. The number of benzene rings is 1. The quantitative estimate of drug-likeness (QED) is 0.753. The van der Waals surface area contributed by atoms with Crippen molar-refractivity contribution in [1.29, 1.82) is 0 Å². The third kappa shape index (κ3) is 5.25. The highest BCUT2D eigenvalue weighted by molar-refractivity contribution is 5.79. The van der Waals surface area contributed by atoms with E-state index in [0.29, 0.717) is 12.5 Å². The van der Waals surface area contributed by atoms with Crippen molar-refractivity contribution in [2.75, 3.05) is 24.5 Å². The van der Waals surface area contributed by atoms with Crippen LogP contribution >= 0.6 is 0 Å². The van der Waals surface area contributed by atoms with Gasteiger partial charge in [-0.05, 0) is 37.0 Å². The number of hydrogen-bond acceptors (Lipinski definition) is 4. The number of hydrogen-bond donors (Lipinski definition) is 1. The van der Waals surface area contributed by atoms with Gasteiger partial charge in [-0.2, -0.15) is 0 Å². The monoisotopic (exact) mass is 370 g/mol. The molecular formula is C21H27FN4O. The Morgan fingerprint density at radius 2 is 2.07 bits per heavy atom. The van der Waals surface area contributed by atoms with E-state index in [2.05, 4.69) is 27.1 Å². The van der Waals surface area contributed by atoms with E-state index in [4.69, 9.17) is 0 Å². The Balaban J connectivity index is 1.60. The van der Waals surface area contributed by atoms with E-state index in [1.54, 1.807) is 18.5 Å². The maximum absolute atomic E-state index is 13.4. The largest absolute Gasteiger partial charge is 0.356 e. The van der Waals surface area contributed by atoms with Gasteiger partial charge < -0.3 is 10.2 Å². The molecule has 1 aliphatic heterocycles. The number of halogens is 1. The first-order valence-corrected chi connectivity index (χ1v) is 9.78. The zero-order valence-corrected chi connectivity index (χ0v) is 15.8. The zero-order valence-electron chi connectivity index (χ0n) is 15.8. The molecule has 0 spiro atoms. The highest BCUT2D eigenvalue weighted by Gasteiger charge is 2.26. The molecule has 1 aliphatic rings. The van der Waals surface area contributed by atoms with Crippen molar-refractivity contribution < 1.29 is 9.18 Å². The summed E-state index contributed by atoms with van der Waals surface area (Å²) in [5.41, 5.74) is 1.53. The third-order valence-electron chi connectivity index (χ3n) is 4.95. The summed E-state index contributed by atoms with van der Waals surface area (Å²) in [5.74, 6) is 0.457. The van der Waals surface area contributed by atoms with Crippen LogP contribution in [-0.2, 0) is 4.79 Å². The van der Waals surface area contributed by atoms with Gasteiger partial charge in [0.1, 0.15) is 5.82 Å². The Bertz CT molecular complexity index is 750. The van der Waals surface area contributed by atoms with E-state index in [-0.39, 0.29) is 17.6 Å². The van der Waals surface area contributed by atoms with Crippen LogP contribution in [0.5, 0.6) is 0 Å². The smallest absolute Gasteiger partial charge is 0.225 e. The third-order valence-corrected chi connectivity index (χ3v) is 4.95. The molecule has 0 saturated carbocycles. The number of carbonyl (C=O) groups is 1. The Morgan fingerprint density at radius 3 is 2.81 bits per heavy atom. The predicted octanol–water partition coefficient (Wildman–Crippen LogP) is 3.81. The summed E-state index contributed by atoms with van der Waals surface area (Å²) in [6.45, 7) is 4.39. The number of nitrogens with one attached hydrogen (secondary N) is 1. The van der Waals surface area contributed by atoms with Crippen molar-refractivity contribution >= 4 is 11.9 Å². The molecule has 2 heterocycles. The molecule has 1 aromatic carbocycles. The number of unbranched alkanes of at least 4 members (excludes halogenated alkanes) is 2. The molecule has 0 bridgehead atoms. The SMILES string of the molecule is CCCCCNC(=O)C1CCCN(c2ncc(-c3cccc(F)c3)cn2)C1. The van der Waals surface area contributed by atoms with E-state index in [9.17, 15) is 9.18 Å². The number of piperidine rings is 1. The first-order valence-electron chi connectivity index (χ1n) is 9.78. The van der Waals surface area contributed by atoms with E-state index >= 15 is 0 Å². The first kappa shape index (κ1) is 19.3. The highest BCUT2D eigenvalue weighted by Crippen LogP contribution is 2.23. The van der Waals surface area contributed by atoms with Crippen molar-refractivity contribution in [1.82, 2.24) is 15.3 Å². The van der Waals surface area contributed by atoms with Crippen molar-refractivity contribution in [3.8, 4) is 11.1 Å². The lowest BCUT2D eigenvalue weighted by Crippen LogP contribution is -2.43. The fourth-order valence-corrected chi connectivity index (χ4v) is 3.41. The standard InChI is InChI=1S/C21H27FN4O/c1-2-3-4-10-23-20(27)17-8-6-11-26(15-17)21-24-13-18(14-25-21)16-7-5-9-19(22)12-16/h5,7,9,12-14,17H,2-4,6,8,10-11,15H2,1H3,(H,23,27). The molecule has 1 atom stereocenters. The summed E-state index contributed by atoms with van der Waals surface area (Å²) in [5, 5.41) is 3.05. The molecule has 2 aromatic rings. The summed E-state index contributed by atoms with van der Waals surface area (Å²) in [7, 11) is 0. The molecule has 1 aromatic heterocycles. The number of carbonyl (C=O) groups excluding carboxylic acids is 1. The molecule has 0 aliphatic carbocycles.